The second-order valence-corrected chi connectivity index (χ2v) is 5.63. The molecule has 0 heterocycles. The van der Waals surface area contributed by atoms with E-state index in [1.807, 2.05) is 0 Å². The van der Waals surface area contributed by atoms with Gasteiger partial charge in [-0.1, -0.05) is 22.9 Å². The Balaban J connectivity index is 4.31. The Morgan fingerprint density at radius 2 is 2.08 bits per heavy atom. The molecule has 5 nitrogen and oxygen atoms in total. The van der Waals surface area contributed by atoms with Crippen molar-refractivity contribution in [3.63, 3.8) is 0 Å². The van der Waals surface area contributed by atoms with Crippen LogP contribution in [-0.2, 0) is 14.1 Å². The van der Waals surface area contributed by atoms with Crippen LogP contribution in [0.15, 0.2) is 0 Å². The van der Waals surface area contributed by atoms with Gasteiger partial charge in [0.2, 0.25) is 5.85 Å². The van der Waals surface area contributed by atoms with Gasteiger partial charge in [0, 0.05) is 0 Å². The standard InChI is InChI=1S/C6H12BrO5P/c1-3-5(13(9,10)11)12-6(8)4(2)7/h4-5H,3H2,1-2H3,(H2,9,10,11). The Kier molecular flexibility index (Phi) is 5.14. The van der Waals surface area contributed by atoms with Gasteiger partial charge in [0.15, 0.2) is 0 Å². The Morgan fingerprint density at radius 1 is 1.62 bits per heavy atom. The Hall–Kier alpha value is 0.1000. The molecular formula is C6H12BrO5P. The Morgan fingerprint density at radius 3 is 2.31 bits per heavy atom. The number of alkyl halides is 1. The Labute approximate surface area is 84.8 Å². The lowest BCUT2D eigenvalue weighted by molar-refractivity contribution is -0.145. The molecule has 0 bridgehead atoms. The summed E-state index contributed by atoms with van der Waals surface area (Å²) in [6, 6.07) is 0. The first kappa shape index (κ1) is 13.1. The number of hydrogen-bond donors (Lipinski definition) is 2. The van der Waals surface area contributed by atoms with Crippen molar-refractivity contribution in [3.05, 3.63) is 0 Å². The zero-order valence-electron chi connectivity index (χ0n) is 7.31. The first-order valence-electron chi connectivity index (χ1n) is 3.68. The normalized spacial score (nSPS) is 16.4. The van der Waals surface area contributed by atoms with Crippen molar-refractivity contribution in [1.82, 2.24) is 0 Å². The molecule has 0 aliphatic rings. The molecule has 7 heteroatoms. The summed E-state index contributed by atoms with van der Waals surface area (Å²) in [4.78, 5) is 27.8. The van der Waals surface area contributed by atoms with Crippen LogP contribution >= 0.6 is 23.5 Å². The molecule has 2 N–H and O–H groups in total. The van der Waals surface area contributed by atoms with E-state index in [0.29, 0.717) is 0 Å². The van der Waals surface area contributed by atoms with Crippen LogP contribution < -0.4 is 0 Å². The lowest BCUT2D eigenvalue weighted by Crippen LogP contribution is -2.22. The molecule has 0 amide bonds. The van der Waals surface area contributed by atoms with Gasteiger partial charge in [0.25, 0.3) is 0 Å². The van der Waals surface area contributed by atoms with E-state index < -0.39 is 24.2 Å². The van der Waals surface area contributed by atoms with Crippen LogP contribution in [0.1, 0.15) is 20.3 Å². The van der Waals surface area contributed by atoms with Gasteiger partial charge in [-0.3, -0.25) is 9.36 Å². The molecule has 0 fully saturated rings. The van der Waals surface area contributed by atoms with Gasteiger partial charge in [-0.25, -0.2) is 0 Å². The summed E-state index contributed by atoms with van der Waals surface area (Å²) in [6.45, 7) is 3.06. The third-order valence-corrected chi connectivity index (χ3v) is 2.90. The highest BCUT2D eigenvalue weighted by Gasteiger charge is 2.31. The average molecular weight is 275 g/mol. The number of halogens is 1. The topological polar surface area (TPSA) is 83.8 Å². The lowest BCUT2D eigenvalue weighted by Gasteiger charge is -2.17. The molecule has 0 spiro atoms. The van der Waals surface area contributed by atoms with Gasteiger partial charge in [0.05, 0.1) is 0 Å². The van der Waals surface area contributed by atoms with Gasteiger partial charge in [-0.05, 0) is 13.3 Å². The molecule has 0 aliphatic heterocycles. The number of carbonyl (C=O) groups is 1. The van der Waals surface area contributed by atoms with Gasteiger partial charge in [0.1, 0.15) is 4.83 Å². The minimum atomic E-state index is -4.33. The molecule has 0 aromatic heterocycles. The van der Waals surface area contributed by atoms with Crippen molar-refractivity contribution < 1.29 is 23.9 Å². The predicted molar refractivity (Wildman–Crippen MR) is 50.6 cm³/mol. The van der Waals surface area contributed by atoms with E-state index >= 15 is 0 Å². The third-order valence-electron chi connectivity index (χ3n) is 1.30. The van der Waals surface area contributed by atoms with Crippen molar-refractivity contribution in [2.24, 2.45) is 0 Å². The summed E-state index contributed by atoms with van der Waals surface area (Å²) >= 11 is 2.94. The molecule has 0 aromatic rings. The number of ether oxygens (including phenoxy) is 1. The predicted octanol–water partition coefficient (Wildman–Crippen LogP) is 1.23. The van der Waals surface area contributed by atoms with E-state index in [-0.39, 0.29) is 6.42 Å². The number of rotatable bonds is 4. The first-order valence-corrected chi connectivity index (χ1v) is 6.28. The van der Waals surface area contributed by atoms with Gasteiger partial charge in [-0.2, -0.15) is 0 Å². The summed E-state index contributed by atoms with van der Waals surface area (Å²) < 4.78 is 15.3. The molecular weight excluding hydrogens is 263 g/mol. The van der Waals surface area contributed by atoms with Gasteiger partial charge < -0.3 is 14.5 Å². The summed E-state index contributed by atoms with van der Waals surface area (Å²) in [5.41, 5.74) is 0. The molecule has 0 aromatic carbocycles. The fraction of sp³-hybridized carbons (Fsp3) is 0.833. The molecule has 78 valence electrons. The smallest absolute Gasteiger partial charge is 0.365 e. The fourth-order valence-electron chi connectivity index (χ4n) is 0.618. The molecule has 0 rings (SSSR count). The number of hydrogen-bond acceptors (Lipinski definition) is 3. The molecule has 13 heavy (non-hydrogen) atoms. The molecule has 0 saturated heterocycles. The van der Waals surface area contributed by atoms with Crippen LogP contribution in [0.4, 0.5) is 0 Å². The van der Waals surface area contributed by atoms with Crippen LogP contribution in [0.25, 0.3) is 0 Å². The van der Waals surface area contributed by atoms with E-state index in [0.717, 1.165) is 0 Å². The van der Waals surface area contributed by atoms with Crippen LogP contribution in [0, 0.1) is 0 Å². The Bertz CT molecular complexity index is 223. The molecule has 0 saturated carbocycles. The maximum absolute atomic E-state index is 10.9. The van der Waals surface area contributed by atoms with E-state index in [9.17, 15) is 9.36 Å². The second kappa shape index (κ2) is 5.10. The second-order valence-electron chi connectivity index (χ2n) is 2.50. The highest BCUT2D eigenvalue weighted by Crippen LogP contribution is 2.43. The fourth-order valence-corrected chi connectivity index (χ4v) is 1.44. The minimum Gasteiger partial charge on any atom is -0.449 e. The summed E-state index contributed by atoms with van der Waals surface area (Å²) in [6.07, 6.45) is 0.0930. The molecule has 0 aliphatic carbocycles. The van der Waals surface area contributed by atoms with Crippen molar-refractivity contribution >= 4 is 29.5 Å². The highest BCUT2D eigenvalue weighted by atomic mass is 79.9. The number of carbonyl (C=O) groups excluding carboxylic acids is 1. The average Bonchev–Trinajstić information content (AvgIpc) is 1.96. The van der Waals surface area contributed by atoms with Gasteiger partial charge >= 0.3 is 13.6 Å². The minimum absolute atomic E-state index is 0.0930. The molecule has 0 radical (unpaired) electrons. The van der Waals surface area contributed by atoms with Crippen LogP contribution in [0.2, 0.25) is 0 Å². The van der Waals surface area contributed by atoms with E-state index in [2.05, 4.69) is 20.7 Å². The SMILES string of the molecule is CCC(OC(=O)C(C)Br)P(=O)(O)O. The lowest BCUT2D eigenvalue weighted by atomic mass is 10.5. The van der Waals surface area contributed by atoms with Crippen molar-refractivity contribution in [1.29, 1.82) is 0 Å². The summed E-state index contributed by atoms with van der Waals surface area (Å²) in [7, 11) is -4.33. The maximum Gasteiger partial charge on any atom is 0.365 e. The molecule has 2 unspecified atom stereocenters. The quantitative estimate of drug-likeness (QED) is 0.458. The third kappa shape index (κ3) is 4.76. The van der Waals surface area contributed by atoms with Crippen LogP contribution in [0.5, 0.6) is 0 Å². The largest absolute Gasteiger partial charge is 0.449 e. The van der Waals surface area contributed by atoms with Crippen molar-refractivity contribution in [2.45, 2.75) is 30.9 Å². The number of esters is 1. The summed E-state index contributed by atoms with van der Waals surface area (Å²) in [5.74, 6) is -2.00. The van der Waals surface area contributed by atoms with E-state index in [4.69, 9.17) is 9.79 Å². The highest BCUT2D eigenvalue weighted by molar-refractivity contribution is 9.10. The van der Waals surface area contributed by atoms with Crippen LogP contribution in [0.3, 0.4) is 0 Å². The van der Waals surface area contributed by atoms with E-state index in [1.54, 1.807) is 0 Å². The van der Waals surface area contributed by atoms with Crippen molar-refractivity contribution in [2.75, 3.05) is 0 Å². The zero-order valence-corrected chi connectivity index (χ0v) is 9.79. The zero-order chi connectivity index (χ0) is 10.6. The van der Waals surface area contributed by atoms with Gasteiger partial charge in [-0.15, -0.1) is 0 Å². The maximum atomic E-state index is 10.9. The first-order chi connectivity index (χ1) is 5.79. The molecule has 2 atom stereocenters. The monoisotopic (exact) mass is 274 g/mol. The summed E-state index contributed by atoms with van der Waals surface area (Å²) in [5, 5.41) is 0. The van der Waals surface area contributed by atoms with Crippen molar-refractivity contribution in [3.8, 4) is 0 Å². The van der Waals surface area contributed by atoms with Crippen LogP contribution in [-0.4, -0.2) is 26.4 Å². The van der Waals surface area contributed by atoms with E-state index in [1.165, 1.54) is 13.8 Å².